The summed E-state index contributed by atoms with van der Waals surface area (Å²) >= 11 is 2.92. The van der Waals surface area contributed by atoms with E-state index in [-0.39, 0.29) is 27.6 Å². The minimum Gasteiger partial charge on any atom is -0.218 e. The van der Waals surface area contributed by atoms with Crippen molar-refractivity contribution in [3.05, 3.63) is 57.6 Å². The van der Waals surface area contributed by atoms with Gasteiger partial charge in [0, 0.05) is 21.7 Å². The smallest absolute Gasteiger partial charge is 0.218 e. The van der Waals surface area contributed by atoms with Crippen molar-refractivity contribution in [1.29, 1.82) is 5.26 Å². The summed E-state index contributed by atoms with van der Waals surface area (Å²) in [7, 11) is 0. The Kier molecular flexibility index (Phi) is 5.62. The molecule has 0 unspecified atom stereocenters. The van der Waals surface area contributed by atoms with Gasteiger partial charge in [0.15, 0.2) is 0 Å². The quantitative estimate of drug-likeness (QED) is 0.478. The Bertz CT molecular complexity index is 863. The van der Waals surface area contributed by atoms with Gasteiger partial charge in [-0.05, 0) is 45.6 Å². The molecule has 0 aromatic heterocycles. The second-order valence-corrected chi connectivity index (χ2v) is 6.39. The lowest BCUT2D eigenvalue weighted by atomic mass is 9.85. The fourth-order valence-electron chi connectivity index (χ4n) is 2.53. The van der Waals surface area contributed by atoms with Crippen molar-refractivity contribution in [3.63, 3.8) is 0 Å². The van der Waals surface area contributed by atoms with Crippen LogP contribution in [-0.4, -0.2) is 12.4 Å². The molecule has 0 spiro atoms. The van der Waals surface area contributed by atoms with E-state index in [9.17, 15) is 30.7 Å². The van der Waals surface area contributed by atoms with E-state index in [1.165, 1.54) is 19.1 Å². The molecule has 0 saturated heterocycles. The lowest BCUT2D eigenvalue weighted by Gasteiger charge is -2.32. The average Bonchev–Trinajstić information content (AvgIpc) is 2.58. The molecule has 0 fully saturated rings. The molecule has 0 bridgehead atoms. The van der Waals surface area contributed by atoms with Crippen LogP contribution in [0.3, 0.4) is 0 Å². The molecule has 143 valence electrons. The van der Waals surface area contributed by atoms with Crippen LogP contribution >= 0.6 is 15.9 Å². The summed E-state index contributed by atoms with van der Waals surface area (Å²) in [4.78, 5) is 0. The summed E-state index contributed by atoms with van der Waals surface area (Å²) in [5.41, 5.74) is -7.78. The third-order valence-electron chi connectivity index (χ3n) is 3.91. The van der Waals surface area contributed by atoms with E-state index in [0.717, 1.165) is 12.1 Å². The summed E-state index contributed by atoms with van der Waals surface area (Å²) in [6.45, 7) is 1.49. The van der Waals surface area contributed by atoms with Crippen molar-refractivity contribution in [2.24, 2.45) is 0 Å². The molecule has 0 aliphatic heterocycles. The van der Waals surface area contributed by atoms with E-state index in [1.807, 2.05) is 0 Å². The Hall–Kier alpha value is -2.08. The molecule has 1 nitrogen and oxygen atoms in total. The predicted molar refractivity (Wildman–Crippen MR) is 87.4 cm³/mol. The van der Waals surface area contributed by atoms with Gasteiger partial charge in [-0.1, -0.05) is 25.1 Å². The SMILES string of the molecule is CCc1[c]c(Br)c(-c2ccc(C#N)cc2)c(C(F)(C(F)(F)F)C(F)(F)F)c1. The van der Waals surface area contributed by atoms with Crippen molar-refractivity contribution in [3.8, 4) is 17.2 Å². The molecular formula is C18H10BrF7N. The van der Waals surface area contributed by atoms with E-state index < -0.39 is 29.1 Å². The van der Waals surface area contributed by atoms with Crippen molar-refractivity contribution >= 4 is 15.9 Å². The number of nitrogens with zero attached hydrogens (tertiary/aromatic N) is 1. The number of nitriles is 1. The van der Waals surface area contributed by atoms with Crippen LogP contribution in [0.4, 0.5) is 30.7 Å². The maximum Gasteiger partial charge on any atom is 0.435 e. The Balaban J connectivity index is 2.92. The zero-order chi connectivity index (χ0) is 20.6. The van der Waals surface area contributed by atoms with Crippen molar-refractivity contribution in [2.45, 2.75) is 31.4 Å². The average molecular weight is 453 g/mol. The highest BCUT2D eigenvalue weighted by Crippen LogP contribution is 2.56. The van der Waals surface area contributed by atoms with Gasteiger partial charge >= 0.3 is 18.0 Å². The van der Waals surface area contributed by atoms with Gasteiger partial charge in [0.25, 0.3) is 0 Å². The van der Waals surface area contributed by atoms with Crippen LogP contribution in [0.2, 0.25) is 0 Å². The molecule has 0 aliphatic carbocycles. The van der Waals surface area contributed by atoms with Gasteiger partial charge in [-0.2, -0.15) is 31.6 Å². The van der Waals surface area contributed by atoms with E-state index in [2.05, 4.69) is 22.0 Å². The third kappa shape index (κ3) is 3.68. The maximum absolute atomic E-state index is 14.8. The molecule has 2 aromatic rings. The van der Waals surface area contributed by atoms with Crippen LogP contribution in [-0.2, 0) is 12.1 Å². The minimum absolute atomic E-state index is 0.0233. The zero-order valence-corrected chi connectivity index (χ0v) is 15.2. The van der Waals surface area contributed by atoms with Crippen LogP contribution in [0.15, 0.2) is 34.8 Å². The highest BCUT2D eigenvalue weighted by Gasteiger charge is 2.74. The van der Waals surface area contributed by atoms with Crippen LogP contribution in [0.1, 0.15) is 23.6 Å². The molecule has 0 N–H and O–H groups in total. The lowest BCUT2D eigenvalue weighted by molar-refractivity contribution is -0.348. The Labute approximate surface area is 158 Å². The van der Waals surface area contributed by atoms with Gasteiger partial charge in [-0.3, -0.25) is 0 Å². The highest BCUT2D eigenvalue weighted by atomic mass is 79.9. The highest BCUT2D eigenvalue weighted by molar-refractivity contribution is 9.10. The molecular weight excluding hydrogens is 443 g/mol. The van der Waals surface area contributed by atoms with Gasteiger partial charge < -0.3 is 0 Å². The van der Waals surface area contributed by atoms with Crippen LogP contribution in [0, 0.1) is 17.4 Å². The largest absolute Gasteiger partial charge is 0.435 e. The van der Waals surface area contributed by atoms with Crippen LogP contribution in [0.25, 0.3) is 11.1 Å². The number of rotatable bonds is 3. The summed E-state index contributed by atoms with van der Waals surface area (Å²) in [6, 6.07) is 9.64. The fourth-order valence-corrected chi connectivity index (χ4v) is 3.22. The normalized spacial score (nSPS) is 12.7. The van der Waals surface area contributed by atoms with Gasteiger partial charge in [-0.15, -0.1) is 0 Å². The number of halogens is 8. The topological polar surface area (TPSA) is 23.8 Å². The van der Waals surface area contributed by atoms with E-state index in [0.29, 0.717) is 6.07 Å². The van der Waals surface area contributed by atoms with E-state index >= 15 is 0 Å². The molecule has 27 heavy (non-hydrogen) atoms. The third-order valence-corrected chi connectivity index (χ3v) is 4.51. The first-order valence-electron chi connectivity index (χ1n) is 7.44. The van der Waals surface area contributed by atoms with E-state index in [4.69, 9.17) is 5.26 Å². The zero-order valence-electron chi connectivity index (χ0n) is 13.6. The molecule has 9 heteroatoms. The first-order chi connectivity index (χ1) is 12.4. The molecule has 0 aliphatic rings. The molecule has 0 atom stereocenters. The summed E-state index contributed by atoms with van der Waals surface area (Å²) < 4.78 is 94.4. The molecule has 0 heterocycles. The Morgan fingerprint density at radius 3 is 1.93 bits per heavy atom. The molecule has 2 aromatic carbocycles. The Morgan fingerprint density at radius 1 is 1.00 bits per heavy atom. The minimum atomic E-state index is -6.24. The standard InChI is InChI=1S/C18H10BrF7N/c1-2-10-7-13(16(20,17(21,22)23)18(24,25)26)15(14(19)8-10)12-5-3-11(9-27)4-6-12/h3-7H,2H2,1H3. The van der Waals surface area contributed by atoms with Crippen molar-refractivity contribution < 1.29 is 30.7 Å². The van der Waals surface area contributed by atoms with Crippen molar-refractivity contribution in [1.82, 2.24) is 0 Å². The molecule has 0 saturated carbocycles. The summed E-state index contributed by atoms with van der Waals surface area (Å²) in [6.07, 6.45) is -12.4. The van der Waals surface area contributed by atoms with Gasteiger partial charge in [0.05, 0.1) is 11.6 Å². The number of benzene rings is 2. The predicted octanol–water partition coefficient (Wildman–Crippen LogP) is 6.64. The Morgan fingerprint density at radius 2 is 1.52 bits per heavy atom. The number of alkyl halides is 7. The first kappa shape index (κ1) is 21.2. The number of hydrogen-bond donors (Lipinski definition) is 0. The monoisotopic (exact) mass is 452 g/mol. The summed E-state index contributed by atoms with van der Waals surface area (Å²) in [5, 5.41) is 8.80. The van der Waals surface area contributed by atoms with Crippen molar-refractivity contribution in [2.75, 3.05) is 0 Å². The number of aryl methyl sites for hydroxylation is 1. The first-order valence-corrected chi connectivity index (χ1v) is 8.24. The van der Waals surface area contributed by atoms with Crippen LogP contribution in [0.5, 0.6) is 0 Å². The fraction of sp³-hybridized carbons (Fsp3) is 0.278. The molecule has 1 radical (unpaired) electrons. The van der Waals surface area contributed by atoms with Gasteiger partial charge in [-0.25, -0.2) is 4.39 Å². The maximum atomic E-state index is 14.8. The summed E-state index contributed by atoms with van der Waals surface area (Å²) in [5.74, 6) is 0. The van der Waals surface area contributed by atoms with Gasteiger partial charge in [0.2, 0.25) is 0 Å². The molecule has 2 rings (SSSR count). The second kappa shape index (κ2) is 7.15. The number of hydrogen-bond acceptors (Lipinski definition) is 1. The van der Waals surface area contributed by atoms with Crippen LogP contribution < -0.4 is 0 Å². The lowest BCUT2D eigenvalue weighted by Crippen LogP contribution is -2.50. The second-order valence-electron chi connectivity index (χ2n) is 5.59. The van der Waals surface area contributed by atoms with Gasteiger partial charge in [0.1, 0.15) is 0 Å². The van der Waals surface area contributed by atoms with E-state index in [1.54, 1.807) is 6.07 Å². The molecule has 0 amide bonds.